The second kappa shape index (κ2) is 7.40. The van der Waals surface area contributed by atoms with Crippen LogP contribution in [0.15, 0.2) is 72.1 Å². The summed E-state index contributed by atoms with van der Waals surface area (Å²) >= 11 is 1.56. The zero-order valence-corrected chi connectivity index (χ0v) is 13.5. The van der Waals surface area contributed by atoms with Crippen molar-refractivity contribution in [1.29, 1.82) is 5.26 Å². The summed E-state index contributed by atoms with van der Waals surface area (Å²) in [7, 11) is 0. The smallest absolute Gasteiger partial charge is 0.336 e. The number of hydrogen-bond donors (Lipinski definition) is 0. The van der Waals surface area contributed by atoms with Crippen LogP contribution in [-0.2, 0) is 4.79 Å². The quantitative estimate of drug-likeness (QED) is 0.388. The molecule has 3 rings (SSSR count). The Balaban J connectivity index is 1.65. The van der Waals surface area contributed by atoms with E-state index in [1.807, 2.05) is 41.8 Å². The molecule has 0 radical (unpaired) electrons. The molecule has 0 atom stereocenters. The number of rotatable bonds is 4. The fourth-order valence-electron chi connectivity index (χ4n) is 2.14. The molecule has 0 bridgehead atoms. The third kappa shape index (κ3) is 3.97. The normalized spacial score (nSPS) is 10.5. The molecule has 0 unspecified atom stereocenters. The van der Waals surface area contributed by atoms with Gasteiger partial charge in [0.1, 0.15) is 5.75 Å². The fraction of sp³-hybridized carbons (Fsp3) is 0. The standard InChI is InChI=1S/C20H13NO2S/c21-14-15-3-5-16(6-4-15)17-7-9-18(10-8-17)23-20(22)12-11-19-2-1-13-24-19/h1-13H/b12-11+. The molecule has 0 aliphatic rings. The molecular weight excluding hydrogens is 318 g/mol. The summed E-state index contributed by atoms with van der Waals surface area (Å²) < 4.78 is 5.28. The first-order valence-electron chi connectivity index (χ1n) is 7.28. The zero-order chi connectivity index (χ0) is 16.8. The number of carbonyl (C=O) groups is 1. The number of ether oxygens (including phenoxy) is 1. The monoisotopic (exact) mass is 331 g/mol. The lowest BCUT2D eigenvalue weighted by Gasteiger charge is -2.04. The van der Waals surface area contributed by atoms with Crippen LogP contribution in [0.5, 0.6) is 5.75 Å². The van der Waals surface area contributed by atoms with Gasteiger partial charge < -0.3 is 4.74 Å². The van der Waals surface area contributed by atoms with Gasteiger partial charge in [-0.1, -0.05) is 30.3 Å². The molecule has 0 fully saturated rings. The van der Waals surface area contributed by atoms with Crippen LogP contribution in [-0.4, -0.2) is 5.97 Å². The van der Waals surface area contributed by atoms with E-state index in [1.165, 1.54) is 6.08 Å². The van der Waals surface area contributed by atoms with E-state index in [2.05, 4.69) is 6.07 Å². The van der Waals surface area contributed by atoms with Gasteiger partial charge in [-0.05, 0) is 52.9 Å². The predicted molar refractivity (Wildman–Crippen MR) is 95.6 cm³/mol. The van der Waals surface area contributed by atoms with Crippen LogP contribution in [0, 0.1) is 11.3 Å². The first-order valence-corrected chi connectivity index (χ1v) is 8.16. The fourth-order valence-corrected chi connectivity index (χ4v) is 2.76. The first-order chi connectivity index (χ1) is 11.7. The van der Waals surface area contributed by atoms with E-state index in [4.69, 9.17) is 10.00 Å². The molecule has 116 valence electrons. The van der Waals surface area contributed by atoms with Gasteiger partial charge in [0.25, 0.3) is 0 Å². The van der Waals surface area contributed by atoms with Crippen molar-refractivity contribution in [2.45, 2.75) is 0 Å². The molecule has 3 nitrogen and oxygen atoms in total. The van der Waals surface area contributed by atoms with Crippen molar-refractivity contribution in [1.82, 2.24) is 0 Å². The molecule has 4 heteroatoms. The van der Waals surface area contributed by atoms with Gasteiger partial charge in [0.15, 0.2) is 0 Å². The van der Waals surface area contributed by atoms with Crippen LogP contribution in [0.4, 0.5) is 0 Å². The van der Waals surface area contributed by atoms with Gasteiger partial charge in [-0.15, -0.1) is 11.3 Å². The summed E-state index contributed by atoms with van der Waals surface area (Å²) in [5.41, 5.74) is 2.62. The number of thiophene rings is 1. The number of carbonyl (C=O) groups excluding carboxylic acids is 1. The van der Waals surface area contributed by atoms with Crippen molar-refractivity contribution in [3.8, 4) is 22.9 Å². The highest BCUT2D eigenvalue weighted by molar-refractivity contribution is 7.10. The number of esters is 1. The maximum atomic E-state index is 11.8. The third-order valence-corrected chi connectivity index (χ3v) is 4.18. The Hall–Kier alpha value is -3.16. The zero-order valence-electron chi connectivity index (χ0n) is 12.7. The van der Waals surface area contributed by atoms with Crippen LogP contribution < -0.4 is 4.74 Å². The van der Waals surface area contributed by atoms with E-state index in [1.54, 1.807) is 41.7 Å². The average molecular weight is 331 g/mol. The van der Waals surface area contributed by atoms with Gasteiger partial charge in [0, 0.05) is 11.0 Å². The minimum absolute atomic E-state index is 0.408. The summed E-state index contributed by atoms with van der Waals surface area (Å²) in [6.07, 6.45) is 3.15. The lowest BCUT2D eigenvalue weighted by Crippen LogP contribution is -2.03. The molecule has 2 aromatic carbocycles. The molecule has 24 heavy (non-hydrogen) atoms. The lowest BCUT2D eigenvalue weighted by molar-refractivity contribution is -0.128. The van der Waals surface area contributed by atoms with Gasteiger partial charge >= 0.3 is 5.97 Å². The summed E-state index contributed by atoms with van der Waals surface area (Å²) in [4.78, 5) is 12.8. The Labute approximate surface area is 144 Å². The average Bonchev–Trinajstić information content (AvgIpc) is 3.14. The summed E-state index contributed by atoms with van der Waals surface area (Å²) in [6.45, 7) is 0. The van der Waals surface area contributed by atoms with E-state index >= 15 is 0 Å². The number of benzene rings is 2. The van der Waals surface area contributed by atoms with Crippen molar-refractivity contribution < 1.29 is 9.53 Å². The van der Waals surface area contributed by atoms with E-state index in [0.717, 1.165) is 16.0 Å². The van der Waals surface area contributed by atoms with Crippen LogP contribution >= 0.6 is 11.3 Å². The molecule has 1 aromatic heterocycles. The molecule has 0 aliphatic heterocycles. The number of hydrogen-bond acceptors (Lipinski definition) is 4. The summed E-state index contributed by atoms with van der Waals surface area (Å²) in [5.74, 6) is 0.0859. The first kappa shape index (κ1) is 15.7. The highest BCUT2D eigenvalue weighted by Crippen LogP contribution is 2.23. The SMILES string of the molecule is N#Cc1ccc(-c2ccc(OC(=O)/C=C/c3cccs3)cc2)cc1. The van der Waals surface area contributed by atoms with Gasteiger partial charge in [-0.3, -0.25) is 0 Å². The molecule has 0 saturated carbocycles. The highest BCUT2D eigenvalue weighted by atomic mass is 32.1. The van der Waals surface area contributed by atoms with Gasteiger partial charge in [0.05, 0.1) is 11.6 Å². The Morgan fingerprint density at radius 3 is 2.25 bits per heavy atom. The van der Waals surface area contributed by atoms with E-state index in [0.29, 0.717) is 11.3 Å². The van der Waals surface area contributed by atoms with Crippen LogP contribution in [0.3, 0.4) is 0 Å². The maximum Gasteiger partial charge on any atom is 0.336 e. The number of nitrogens with zero attached hydrogens (tertiary/aromatic N) is 1. The molecular formula is C20H13NO2S. The molecule has 1 heterocycles. The molecule has 0 saturated heterocycles. The van der Waals surface area contributed by atoms with E-state index in [-0.39, 0.29) is 0 Å². The topological polar surface area (TPSA) is 50.1 Å². The molecule has 0 amide bonds. The Morgan fingerprint density at radius 1 is 1.00 bits per heavy atom. The predicted octanol–water partition coefficient (Wildman–Crippen LogP) is 4.91. The number of nitriles is 1. The molecule has 3 aromatic rings. The van der Waals surface area contributed by atoms with E-state index < -0.39 is 5.97 Å². The van der Waals surface area contributed by atoms with Crippen LogP contribution in [0.25, 0.3) is 17.2 Å². The van der Waals surface area contributed by atoms with Gasteiger partial charge in [-0.25, -0.2) is 4.79 Å². The van der Waals surface area contributed by atoms with E-state index in [9.17, 15) is 4.79 Å². The summed E-state index contributed by atoms with van der Waals surface area (Å²) in [5, 5.41) is 10.8. The van der Waals surface area contributed by atoms with Crippen molar-refractivity contribution in [2.75, 3.05) is 0 Å². The largest absolute Gasteiger partial charge is 0.423 e. The Bertz CT molecular complexity index is 886. The second-order valence-corrected chi connectivity index (χ2v) is 5.96. The van der Waals surface area contributed by atoms with Gasteiger partial charge in [-0.2, -0.15) is 5.26 Å². The molecule has 0 spiro atoms. The lowest BCUT2D eigenvalue weighted by atomic mass is 10.0. The van der Waals surface area contributed by atoms with Gasteiger partial charge in [0.2, 0.25) is 0 Å². The second-order valence-electron chi connectivity index (χ2n) is 4.98. The minimum atomic E-state index is -0.408. The van der Waals surface area contributed by atoms with Crippen molar-refractivity contribution >= 4 is 23.4 Å². The van der Waals surface area contributed by atoms with Crippen molar-refractivity contribution in [3.05, 3.63) is 82.6 Å². The third-order valence-electron chi connectivity index (χ3n) is 3.35. The molecule has 0 N–H and O–H groups in total. The van der Waals surface area contributed by atoms with Crippen LogP contribution in [0.1, 0.15) is 10.4 Å². The van der Waals surface area contributed by atoms with Crippen LogP contribution in [0.2, 0.25) is 0 Å². The highest BCUT2D eigenvalue weighted by Gasteiger charge is 2.03. The minimum Gasteiger partial charge on any atom is -0.423 e. The Morgan fingerprint density at radius 2 is 1.67 bits per heavy atom. The maximum absolute atomic E-state index is 11.8. The molecule has 0 aliphatic carbocycles. The van der Waals surface area contributed by atoms with Crippen molar-refractivity contribution in [2.24, 2.45) is 0 Å². The Kier molecular flexibility index (Phi) is 4.85. The summed E-state index contributed by atoms with van der Waals surface area (Å²) in [6, 6.07) is 20.6. The van der Waals surface area contributed by atoms with Crippen molar-refractivity contribution in [3.63, 3.8) is 0 Å².